The van der Waals surface area contributed by atoms with Gasteiger partial charge in [-0.25, -0.2) is 0 Å². The number of hydrogen-bond acceptors (Lipinski definition) is 4. The van der Waals surface area contributed by atoms with Gasteiger partial charge >= 0.3 is 0 Å². The Balaban J connectivity index is 0.00000225. The molecule has 1 aromatic carbocycles. The SMILES string of the molecule is Cc1cn[n+]([O-])c2c1C(=NN=C(N)N)CC(c1ccccc1Cl)C2.Cl. The fourth-order valence-electron chi connectivity index (χ4n) is 3.05. The third-order valence-corrected chi connectivity index (χ3v) is 4.41. The summed E-state index contributed by atoms with van der Waals surface area (Å²) in [7, 11) is 0. The van der Waals surface area contributed by atoms with Gasteiger partial charge in [-0.3, -0.25) is 0 Å². The molecule has 132 valence electrons. The number of nitrogens with zero attached hydrogens (tertiary/aromatic N) is 4. The van der Waals surface area contributed by atoms with Crippen molar-refractivity contribution in [3.8, 4) is 0 Å². The third kappa shape index (κ3) is 3.83. The minimum atomic E-state index is -0.134. The van der Waals surface area contributed by atoms with Gasteiger partial charge in [0.05, 0.1) is 17.5 Å². The van der Waals surface area contributed by atoms with Gasteiger partial charge in [0, 0.05) is 22.5 Å². The molecule has 25 heavy (non-hydrogen) atoms. The number of aromatic nitrogens is 2. The van der Waals surface area contributed by atoms with Gasteiger partial charge in [-0.1, -0.05) is 34.6 Å². The molecule has 9 heteroatoms. The van der Waals surface area contributed by atoms with Gasteiger partial charge < -0.3 is 16.7 Å². The monoisotopic (exact) mass is 380 g/mol. The minimum Gasteiger partial charge on any atom is -0.594 e. The van der Waals surface area contributed by atoms with Crippen molar-refractivity contribution in [2.45, 2.75) is 25.7 Å². The Hall–Kier alpha value is -2.38. The quantitative estimate of drug-likeness (QED) is 0.271. The molecular formula is C16H18Cl2N6O. The van der Waals surface area contributed by atoms with Crippen LogP contribution in [0.4, 0.5) is 0 Å². The third-order valence-electron chi connectivity index (χ3n) is 4.07. The van der Waals surface area contributed by atoms with Crippen molar-refractivity contribution < 1.29 is 4.85 Å². The highest BCUT2D eigenvalue weighted by atomic mass is 35.5. The van der Waals surface area contributed by atoms with E-state index in [2.05, 4.69) is 15.3 Å². The number of halogens is 2. The second kappa shape index (κ2) is 7.67. The summed E-state index contributed by atoms with van der Waals surface area (Å²) in [5.41, 5.74) is 14.6. The van der Waals surface area contributed by atoms with E-state index in [0.717, 1.165) is 16.7 Å². The van der Waals surface area contributed by atoms with Crippen LogP contribution in [0, 0.1) is 12.1 Å². The number of rotatable bonds is 2. The van der Waals surface area contributed by atoms with Crippen molar-refractivity contribution in [1.82, 2.24) is 5.10 Å². The molecule has 1 unspecified atom stereocenters. The second-order valence-corrected chi connectivity index (χ2v) is 6.13. The van der Waals surface area contributed by atoms with Gasteiger partial charge in [0.25, 0.3) is 0 Å². The van der Waals surface area contributed by atoms with Crippen LogP contribution in [0.15, 0.2) is 40.7 Å². The first kappa shape index (κ1) is 19.0. The van der Waals surface area contributed by atoms with Crippen molar-refractivity contribution in [2.24, 2.45) is 21.7 Å². The second-order valence-electron chi connectivity index (χ2n) is 5.72. The molecule has 0 saturated carbocycles. The number of benzene rings is 1. The molecule has 0 radical (unpaired) electrons. The topological polar surface area (TPSA) is 117 Å². The van der Waals surface area contributed by atoms with Crippen LogP contribution < -0.4 is 16.3 Å². The molecule has 2 aromatic rings. The number of aryl methyl sites for hydroxylation is 1. The highest BCUT2D eigenvalue weighted by Gasteiger charge is 2.33. The summed E-state index contributed by atoms with van der Waals surface area (Å²) in [5.74, 6) is -0.131. The lowest BCUT2D eigenvalue weighted by Crippen LogP contribution is -2.41. The standard InChI is InChI=1S/C16H17ClN6O.ClH/c1-9-8-20-23(24)14-7-10(11-4-2-3-5-12(11)17)6-13(15(9)14)21-22-16(18)19;/h2-5,8,10H,6-7H2,1H3,(H4,18,19,22);1H. The van der Waals surface area contributed by atoms with Crippen LogP contribution in [-0.4, -0.2) is 16.8 Å². The maximum Gasteiger partial charge on any atom is 0.231 e. The smallest absolute Gasteiger partial charge is 0.231 e. The van der Waals surface area contributed by atoms with Gasteiger partial charge in [0.1, 0.15) is 0 Å². The van der Waals surface area contributed by atoms with E-state index in [9.17, 15) is 5.21 Å². The van der Waals surface area contributed by atoms with Crippen LogP contribution >= 0.6 is 24.0 Å². The summed E-state index contributed by atoms with van der Waals surface area (Å²) in [4.78, 5) is 0.635. The van der Waals surface area contributed by atoms with Crippen molar-refractivity contribution >= 4 is 35.7 Å². The summed E-state index contributed by atoms with van der Waals surface area (Å²) < 4.78 is 0. The van der Waals surface area contributed by atoms with Gasteiger partial charge in [0.15, 0.2) is 0 Å². The number of hydrogen-bond donors (Lipinski definition) is 2. The Morgan fingerprint density at radius 2 is 2.04 bits per heavy atom. The Morgan fingerprint density at radius 3 is 2.72 bits per heavy atom. The number of guanidine groups is 1. The lowest BCUT2D eigenvalue weighted by atomic mass is 9.80. The molecule has 1 heterocycles. The van der Waals surface area contributed by atoms with E-state index >= 15 is 0 Å². The Bertz CT molecular complexity index is 849. The zero-order valence-electron chi connectivity index (χ0n) is 13.5. The van der Waals surface area contributed by atoms with E-state index in [1.807, 2.05) is 31.2 Å². The van der Waals surface area contributed by atoms with Crippen LogP contribution in [0.1, 0.15) is 34.7 Å². The Morgan fingerprint density at radius 1 is 1.32 bits per heavy atom. The van der Waals surface area contributed by atoms with Crippen molar-refractivity contribution in [1.29, 1.82) is 0 Å². The first-order chi connectivity index (χ1) is 11.5. The summed E-state index contributed by atoms with van der Waals surface area (Å²) in [6.45, 7) is 1.88. The molecule has 0 fully saturated rings. The van der Waals surface area contributed by atoms with E-state index < -0.39 is 0 Å². The average Bonchev–Trinajstić information content (AvgIpc) is 2.56. The largest absolute Gasteiger partial charge is 0.594 e. The molecule has 3 rings (SSSR count). The summed E-state index contributed by atoms with van der Waals surface area (Å²) >= 11 is 6.32. The van der Waals surface area contributed by atoms with Gasteiger partial charge in [0.2, 0.25) is 11.7 Å². The number of fused-ring (bicyclic) bond motifs is 1. The predicted octanol–water partition coefficient (Wildman–Crippen LogP) is 1.81. The van der Waals surface area contributed by atoms with Gasteiger partial charge in [-0.15, -0.1) is 17.5 Å². The molecule has 1 aromatic heterocycles. The fraction of sp³-hybridized carbons (Fsp3) is 0.250. The highest BCUT2D eigenvalue weighted by Crippen LogP contribution is 2.35. The van der Waals surface area contributed by atoms with E-state index in [1.165, 1.54) is 6.20 Å². The molecule has 1 aliphatic rings. The molecular weight excluding hydrogens is 363 g/mol. The van der Waals surface area contributed by atoms with Crippen LogP contribution in [-0.2, 0) is 6.42 Å². The molecule has 0 aliphatic heterocycles. The fourth-order valence-corrected chi connectivity index (χ4v) is 3.34. The molecule has 0 spiro atoms. The van der Waals surface area contributed by atoms with E-state index in [4.69, 9.17) is 23.1 Å². The summed E-state index contributed by atoms with van der Waals surface area (Å²) in [6.07, 6.45) is 2.63. The van der Waals surface area contributed by atoms with Crippen LogP contribution in [0.2, 0.25) is 5.02 Å². The van der Waals surface area contributed by atoms with Crippen molar-refractivity contribution in [3.63, 3.8) is 0 Å². The molecule has 0 saturated heterocycles. The first-order valence-corrected chi connectivity index (χ1v) is 7.83. The molecule has 0 amide bonds. The molecule has 0 bridgehead atoms. The van der Waals surface area contributed by atoms with E-state index in [-0.39, 0.29) is 24.3 Å². The average molecular weight is 381 g/mol. The summed E-state index contributed by atoms with van der Waals surface area (Å²) in [5, 5.41) is 24.6. The maximum atomic E-state index is 12.2. The maximum absolute atomic E-state index is 12.2. The molecule has 1 atom stereocenters. The predicted molar refractivity (Wildman–Crippen MR) is 100 cm³/mol. The first-order valence-electron chi connectivity index (χ1n) is 7.46. The Labute approximate surface area is 156 Å². The highest BCUT2D eigenvalue weighted by molar-refractivity contribution is 6.31. The lowest BCUT2D eigenvalue weighted by Gasteiger charge is -2.25. The van der Waals surface area contributed by atoms with Gasteiger partial charge in [-0.05, 0) is 30.5 Å². The molecule has 1 aliphatic carbocycles. The van der Waals surface area contributed by atoms with E-state index in [1.54, 1.807) is 0 Å². The van der Waals surface area contributed by atoms with Crippen LogP contribution in [0.25, 0.3) is 0 Å². The zero-order valence-corrected chi connectivity index (χ0v) is 15.1. The molecule has 4 N–H and O–H groups in total. The normalized spacial score (nSPS) is 17.5. The van der Waals surface area contributed by atoms with Crippen molar-refractivity contribution in [2.75, 3.05) is 0 Å². The lowest BCUT2D eigenvalue weighted by molar-refractivity contribution is -0.677. The zero-order chi connectivity index (χ0) is 17.3. The van der Waals surface area contributed by atoms with E-state index in [0.29, 0.717) is 34.1 Å². The Kier molecular flexibility index (Phi) is 5.81. The van der Waals surface area contributed by atoms with Crippen LogP contribution in [0.3, 0.4) is 0 Å². The minimum absolute atomic E-state index is 0. The van der Waals surface area contributed by atoms with Crippen molar-refractivity contribution in [3.05, 3.63) is 63.1 Å². The van der Waals surface area contributed by atoms with Crippen LogP contribution in [0.5, 0.6) is 0 Å². The summed E-state index contributed by atoms with van der Waals surface area (Å²) in [6, 6.07) is 7.58. The van der Waals surface area contributed by atoms with Gasteiger partial charge in [-0.2, -0.15) is 5.10 Å². The number of nitrogens with two attached hydrogens (primary N) is 2. The molecule has 7 nitrogen and oxygen atoms in total.